The first-order valence-corrected chi connectivity index (χ1v) is 8.49. The Morgan fingerprint density at radius 2 is 1.67 bits per heavy atom. The summed E-state index contributed by atoms with van der Waals surface area (Å²) in [7, 11) is 0. The molecule has 0 spiro atoms. The van der Waals surface area contributed by atoms with Crippen molar-refractivity contribution >= 4 is 17.3 Å². The van der Waals surface area contributed by atoms with Crippen molar-refractivity contribution in [2.24, 2.45) is 11.8 Å². The number of fused-ring (bicyclic) bond motifs is 1. The minimum Gasteiger partial charge on any atom is -0.507 e. The first kappa shape index (κ1) is 18.4. The molecule has 0 heterocycles. The predicted octanol–water partition coefficient (Wildman–Crippen LogP) is 3.64. The summed E-state index contributed by atoms with van der Waals surface area (Å²) in [6, 6.07) is 3.56. The molecule has 1 aromatic rings. The van der Waals surface area contributed by atoms with E-state index in [4.69, 9.17) is 0 Å². The molecule has 1 atom stereocenters. The van der Waals surface area contributed by atoms with Gasteiger partial charge in [-0.15, -0.1) is 0 Å². The third kappa shape index (κ3) is 3.16. The lowest BCUT2D eigenvalue weighted by molar-refractivity contribution is -0.112. The van der Waals surface area contributed by atoms with Crippen LogP contribution in [0.1, 0.15) is 61.2 Å². The molecule has 4 nitrogen and oxygen atoms in total. The summed E-state index contributed by atoms with van der Waals surface area (Å²) in [6.45, 7) is 9.34. The summed E-state index contributed by atoms with van der Waals surface area (Å²) in [5.74, 6) is -1.35. The maximum atomic E-state index is 12.7. The summed E-state index contributed by atoms with van der Waals surface area (Å²) in [5, 5.41) is 20.6. The van der Waals surface area contributed by atoms with E-state index in [-0.39, 0.29) is 23.2 Å². The maximum Gasteiger partial charge on any atom is 0.234 e. The number of Topliss-reactive ketones (excluding diaryl/α,β-unsaturated/α-hetero) is 2. The summed E-state index contributed by atoms with van der Waals surface area (Å²) >= 11 is 0. The number of carbonyl (C=O) groups is 2. The van der Waals surface area contributed by atoms with E-state index in [1.807, 2.05) is 26.8 Å². The van der Waals surface area contributed by atoms with Gasteiger partial charge in [0.05, 0.1) is 6.10 Å². The van der Waals surface area contributed by atoms with Crippen LogP contribution in [-0.2, 0) is 11.2 Å². The molecule has 24 heavy (non-hydrogen) atoms. The zero-order valence-corrected chi connectivity index (χ0v) is 15.0. The molecular formula is C20H26O4. The number of rotatable bonds is 5. The third-order valence-corrected chi connectivity index (χ3v) is 4.77. The highest BCUT2D eigenvalue weighted by atomic mass is 16.3. The number of allylic oxidation sites excluding steroid dienone is 1. The van der Waals surface area contributed by atoms with E-state index in [1.54, 1.807) is 19.9 Å². The Hall–Kier alpha value is -1.94. The highest BCUT2D eigenvalue weighted by Gasteiger charge is 2.36. The summed E-state index contributed by atoms with van der Waals surface area (Å²) < 4.78 is 0. The van der Waals surface area contributed by atoms with Crippen LogP contribution < -0.4 is 0 Å². The van der Waals surface area contributed by atoms with Crippen LogP contribution in [0, 0.1) is 18.8 Å². The maximum absolute atomic E-state index is 12.7. The van der Waals surface area contributed by atoms with E-state index in [2.05, 4.69) is 0 Å². The van der Waals surface area contributed by atoms with Crippen molar-refractivity contribution in [2.75, 3.05) is 0 Å². The molecule has 0 saturated carbocycles. The number of aryl methyl sites for hydroxylation is 1. The molecule has 0 aromatic heterocycles. The molecule has 0 saturated heterocycles. The smallest absolute Gasteiger partial charge is 0.234 e. The van der Waals surface area contributed by atoms with Crippen LogP contribution in [0.4, 0.5) is 0 Å². The van der Waals surface area contributed by atoms with Crippen LogP contribution in [0.15, 0.2) is 17.7 Å². The number of aliphatic hydroxyl groups excluding tert-OH is 2. The molecule has 0 bridgehead atoms. The number of ketones is 2. The van der Waals surface area contributed by atoms with Crippen molar-refractivity contribution < 1.29 is 19.8 Å². The van der Waals surface area contributed by atoms with Crippen LogP contribution in [0.25, 0.3) is 5.76 Å². The molecule has 1 aliphatic rings. The number of benzene rings is 1. The number of hydrogen-bond acceptors (Lipinski definition) is 4. The second-order valence-electron chi connectivity index (χ2n) is 7.21. The van der Waals surface area contributed by atoms with E-state index in [0.29, 0.717) is 24.0 Å². The molecular weight excluding hydrogens is 304 g/mol. The van der Waals surface area contributed by atoms with Gasteiger partial charge in [0, 0.05) is 16.7 Å². The highest BCUT2D eigenvalue weighted by Crippen LogP contribution is 2.35. The lowest BCUT2D eigenvalue weighted by atomic mass is 9.79. The van der Waals surface area contributed by atoms with Crippen LogP contribution in [0.3, 0.4) is 0 Å². The Bertz CT molecular complexity index is 711. The topological polar surface area (TPSA) is 74.6 Å². The monoisotopic (exact) mass is 330 g/mol. The van der Waals surface area contributed by atoms with Crippen molar-refractivity contribution in [3.63, 3.8) is 0 Å². The number of hydrogen-bond donors (Lipinski definition) is 2. The number of carbonyl (C=O) groups excluding carboxylic acids is 2. The van der Waals surface area contributed by atoms with Crippen molar-refractivity contribution in [1.29, 1.82) is 0 Å². The molecule has 2 N–H and O–H groups in total. The second kappa shape index (κ2) is 6.89. The molecule has 1 aliphatic carbocycles. The molecule has 0 radical (unpaired) electrons. The Kier molecular flexibility index (Phi) is 5.29. The molecule has 4 heteroatoms. The zero-order chi connectivity index (χ0) is 18.2. The quantitative estimate of drug-likeness (QED) is 0.808. The standard InChI is InChI=1S/C20H26O4/c1-10(2)15(21)9-8-13-12(5)6-7-14-17(13)20(24)19(23)16(11(3)4)18(14)22/h6-7,10-11,15,21-22H,8-9H2,1-5H3. The fraction of sp³-hybridized carbons (Fsp3) is 0.500. The molecule has 0 fully saturated rings. The van der Waals surface area contributed by atoms with Gasteiger partial charge < -0.3 is 10.2 Å². The number of aliphatic hydroxyl groups is 2. The second-order valence-corrected chi connectivity index (χ2v) is 7.21. The predicted molar refractivity (Wildman–Crippen MR) is 94.1 cm³/mol. The van der Waals surface area contributed by atoms with E-state index in [9.17, 15) is 19.8 Å². The van der Waals surface area contributed by atoms with Gasteiger partial charge in [-0.05, 0) is 42.7 Å². The molecule has 0 amide bonds. The van der Waals surface area contributed by atoms with Crippen LogP contribution >= 0.6 is 0 Å². The van der Waals surface area contributed by atoms with Gasteiger partial charge in [0.2, 0.25) is 11.6 Å². The minimum absolute atomic E-state index is 0.0877. The van der Waals surface area contributed by atoms with Gasteiger partial charge in [-0.2, -0.15) is 0 Å². The van der Waals surface area contributed by atoms with Crippen molar-refractivity contribution in [3.8, 4) is 0 Å². The lowest BCUT2D eigenvalue weighted by Crippen LogP contribution is -2.28. The van der Waals surface area contributed by atoms with E-state index < -0.39 is 17.7 Å². The first-order chi connectivity index (χ1) is 11.2. The Morgan fingerprint density at radius 3 is 2.21 bits per heavy atom. The lowest BCUT2D eigenvalue weighted by Gasteiger charge is -2.24. The Morgan fingerprint density at radius 1 is 1.04 bits per heavy atom. The summed E-state index contributed by atoms with van der Waals surface area (Å²) in [5.41, 5.74) is 2.57. The average Bonchev–Trinajstić information content (AvgIpc) is 2.50. The fourth-order valence-corrected chi connectivity index (χ4v) is 3.18. The van der Waals surface area contributed by atoms with Gasteiger partial charge in [0.1, 0.15) is 5.76 Å². The van der Waals surface area contributed by atoms with Gasteiger partial charge >= 0.3 is 0 Å². The fourth-order valence-electron chi connectivity index (χ4n) is 3.18. The van der Waals surface area contributed by atoms with Crippen molar-refractivity contribution in [1.82, 2.24) is 0 Å². The highest BCUT2D eigenvalue weighted by molar-refractivity contribution is 6.52. The molecule has 130 valence electrons. The molecule has 0 aliphatic heterocycles. The summed E-state index contributed by atoms with van der Waals surface area (Å²) in [6.07, 6.45) is 0.542. The van der Waals surface area contributed by atoms with Gasteiger partial charge in [0.15, 0.2) is 0 Å². The molecule has 1 unspecified atom stereocenters. The van der Waals surface area contributed by atoms with Crippen molar-refractivity contribution in [3.05, 3.63) is 40.0 Å². The van der Waals surface area contributed by atoms with Crippen LogP contribution in [-0.4, -0.2) is 27.9 Å². The third-order valence-electron chi connectivity index (χ3n) is 4.77. The van der Waals surface area contributed by atoms with Crippen molar-refractivity contribution in [2.45, 2.75) is 53.6 Å². The van der Waals surface area contributed by atoms with Gasteiger partial charge in [-0.1, -0.05) is 39.8 Å². The van der Waals surface area contributed by atoms with Crippen LogP contribution in [0.5, 0.6) is 0 Å². The zero-order valence-electron chi connectivity index (χ0n) is 15.0. The van der Waals surface area contributed by atoms with Gasteiger partial charge in [0.25, 0.3) is 0 Å². The Balaban J connectivity index is 2.55. The first-order valence-electron chi connectivity index (χ1n) is 8.49. The van der Waals surface area contributed by atoms with Gasteiger partial charge in [-0.25, -0.2) is 0 Å². The largest absolute Gasteiger partial charge is 0.507 e. The average molecular weight is 330 g/mol. The van der Waals surface area contributed by atoms with Crippen LogP contribution in [0.2, 0.25) is 0 Å². The normalized spacial score (nSPS) is 16.2. The van der Waals surface area contributed by atoms with E-state index >= 15 is 0 Å². The SMILES string of the molecule is Cc1ccc2c(c1CCC(O)C(C)C)C(=O)C(=O)C(C(C)C)=C2O. The molecule has 2 rings (SSSR count). The van der Waals surface area contributed by atoms with E-state index in [0.717, 1.165) is 11.1 Å². The van der Waals surface area contributed by atoms with E-state index in [1.165, 1.54) is 0 Å². The Labute approximate surface area is 143 Å². The van der Waals surface area contributed by atoms with Gasteiger partial charge in [-0.3, -0.25) is 9.59 Å². The molecule has 1 aromatic carbocycles. The minimum atomic E-state index is -0.619. The summed E-state index contributed by atoms with van der Waals surface area (Å²) in [4.78, 5) is 25.1.